The number of sulfonamides is 1. The number of nitrogens with zero attached hydrogens (tertiary/aromatic N) is 2. The van der Waals surface area contributed by atoms with Crippen molar-refractivity contribution in [2.45, 2.75) is 43.4 Å². The Balaban J connectivity index is 0. The van der Waals surface area contributed by atoms with Crippen LogP contribution in [-0.2, 0) is 55.7 Å². The number of nitrogens with two attached hydrogens (primary N) is 1. The van der Waals surface area contributed by atoms with Gasteiger partial charge in [0.25, 0.3) is 0 Å². The molecule has 39 heavy (non-hydrogen) atoms. The predicted octanol–water partition coefficient (Wildman–Crippen LogP) is 3.64. The van der Waals surface area contributed by atoms with Crippen molar-refractivity contribution in [2.75, 3.05) is 0 Å². The number of benzene rings is 2. The van der Waals surface area contributed by atoms with Crippen LogP contribution in [0.15, 0.2) is 59.5 Å². The number of hydrogen-bond acceptors (Lipinski definition) is 7. The Kier molecular flexibility index (Phi) is 18.5. The maximum atomic E-state index is 13.4. The van der Waals surface area contributed by atoms with E-state index < -0.39 is 10.0 Å². The molecule has 1 aliphatic rings. The number of rotatable bonds is 7. The van der Waals surface area contributed by atoms with E-state index in [-0.39, 0.29) is 49.9 Å². The zero-order valence-electron chi connectivity index (χ0n) is 21.3. The third kappa shape index (κ3) is 10.8. The molecule has 1 aromatic heterocycles. The van der Waals surface area contributed by atoms with E-state index in [0.29, 0.717) is 18.5 Å². The third-order valence-corrected chi connectivity index (χ3v) is 6.68. The van der Waals surface area contributed by atoms with E-state index in [1.807, 2.05) is 6.07 Å². The Bertz CT molecular complexity index is 1240. The summed E-state index contributed by atoms with van der Waals surface area (Å²) in [5, 5.41) is 9.85. The van der Waals surface area contributed by atoms with Crippen LogP contribution in [0.3, 0.4) is 0 Å². The number of primary sulfonamides is 1. The number of halogens is 1. The molecule has 0 saturated heterocycles. The number of ketones is 1. The summed E-state index contributed by atoms with van der Waals surface area (Å²) in [6, 6.07) is 14.0. The normalized spacial score (nSPS) is 12.1. The fraction of sp³-hybridized carbons (Fsp3) is 0.259. The van der Waals surface area contributed by atoms with Crippen LogP contribution in [0, 0.1) is 19.2 Å². The Morgan fingerprint density at radius 2 is 1.46 bits per heavy atom. The van der Waals surface area contributed by atoms with E-state index >= 15 is 0 Å². The maximum absolute atomic E-state index is 13.4. The van der Waals surface area contributed by atoms with Crippen LogP contribution in [0.1, 0.15) is 37.8 Å². The van der Waals surface area contributed by atoms with Gasteiger partial charge in [-0.15, -0.1) is 0 Å². The largest absolute Gasteiger partial charge is 4.00 e. The summed E-state index contributed by atoms with van der Waals surface area (Å²) < 4.78 is 38.2. The second-order valence-corrected chi connectivity index (χ2v) is 9.49. The average molecular weight is 642 g/mol. The fourth-order valence-electron chi connectivity index (χ4n) is 4.06. The zero-order valence-corrected chi connectivity index (χ0v) is 24.0. The second kappa shape index (κ2) is 19.0. The number of aromatic nitrogens is 2. The van der Waals surface area contributed by atoms with Gasteiger partial charge in [-0.05, 0) is 73.9 Å². The molecule has 0 unspecified atom stereocenters. The van der Waals surface area contributed by atoms with Crippen LogP contribution < -0.4 is 5.14 Å². The Morgan fingerprint density at radius 1 is 0.949 bits per heavy atom. The van der Waals surface area contributed by atoms with Crippen molar-refractivity contribution in [2.24, 2.45) is 11.1 Å². The smallest absolute Gasteiger partial charge is 0.545 e. The molecule has 0 atom stereocenters. The van der Waals surface area contributed by atoms with Crippen LogP contribution in [0.4, 0.5) is 4.39 Å². The zero-order chi connectivity index (χ0) is 28.0. The van der Waals surface area contributed by atoms with E-state index in [0.717, 1.165) is 42.6 Å². The van der Waals surface area contributed by atoms with E-state index in [1.165, 1.54) is 24.3 Å². The maximum Gasteiger partial charge on any atom is 4.00 e. The minimum atomic E-state index is -3.80. The molecule has 1 saturated carbocycles. The average Bonchev–Trinajstić information content (AvgIpc) is 3.62. The van der Waals surface area contributed by atoms with E-state index in [4.69, 9.17) is 19.5 Å². The van der Waals surface area contributed by atoms with Crippen molar-refractivity contribution in [3.8, 4) is 16.9 Å². The van der Waals surface area contributed by atoms with Crippen LogP contribution >= 0.6 is 0 Å². The summed E-state index contributed by atoms with van der Waals surface area (Å²) in [5.74, 6) is 0.118. The first-order valence-electron chi connectivity index (χ1n) is 11.0. The molecule has 1 heterocycles. The summed E-state index contributed by atoms with van der Waals surface area (Å²) in [5.41, 5.74) is 2.88. The number of carbonyl (C=O) groups is 1. The van der Waals surface area contributed by atoms with Gasteiger partial charge in [-0.3, -0.25) is 25.2 Å². The minimum Gasteiger partial charge on any atom is -0.545 e. The Morgan fingerprint density at radius 3 is 1.95 bits per heavy atom. The summed E-state index contributed by atoms with van der Waals surface area (Å²) in [7, 11) is -3.80. The van der Waals surface area contributed by atoms with Gasteiger partial charge < -0.3 is 21.8 Å². The SMILES string of the molecule is NS(=O)(=O)c1ccc(-n2nc(CCC(=O)C3CCCC3)cc2-c2ccc(F)cc2)cc1.[CH-]=O.[CH-]=O.[CH-]=O.[CH3-].[Tc+4]. The predicted molar refractivity (Wildman–Crippen MR) is 142 cm³/mol. The Hall–Kier alpha value is -3.18. The number of carbonyl (C=O) groups excluding carboxylic acids is 4. The fourth-order valence-corrected chi connectivity index (χ4v) is 4.57. The van der Waals surface area contributed by atoms with Gasteiger partial charge in [-0.2, -0.15) is 5.10 Å². The first-order chi connectivity index (χ1) is 17.8. The van der Waals surface area contributed by atoms with Crippen LogP contribution in [0.2, 0.25) is 0 Å². The molecule has 2 N–H and O–H groups in total. The van der Waals surface area contributed by atoms with Crippen molar-refractivity contribution in [1.82, 2.24) is 9.78 Å². The molecule has 2 aromatic carbocycles. The van der Waals surface area contributed by atoms with Crippen LogP contribution in [0.25, 0.3) is 16.9 Å². The van der Waals surface area contributed by atoms with Gasteiger partial charge in [0, 0.05) is 17.9 Å². The van der Waals surface area contributed by atoms with Gasteiger partial charge in [-0.25, -0.2) is 22.6 Å². The number of Topliss-reactive ketones (excluding diaryl/α,β-unsaturated/α-hetero) is 1. The molecule has 1 fully saturated rings. The van der Waals surface area contributed by atoms with Gasteiger partial charge in [0.1, 0.15) is 11.6 Å². The van der Waals surface area contributed by atoms with E-state index in [1.54, 1.807) is 28.9 Å². The van der Waals surface area contributed by atoms with Crippen LogP contribution in [0.5, 0.6) is 0 Å². The molecule has 209 valence electrons. The van der Waals surface area contributed by atoms with Gasteiger partial charge in [0.2, 0.25) is 10.0 Å². The van der Waals surface area contributed by atoms with Crippen molar-refractivity contribution < 1.29 is 52.1 Å². The van der Waals surface area contributed by atoms with Gasteiger partial charge >= 0.3 is 20.1 Å². The molecule has 1 radical (unpaired) electrons. The van der Waals surface area contributed by atoms with Crippen molar-refractivity contribution in [3.63, 3.8) is 0 Å². The molecular weight excluding hydrogens is 611 g/mol. The monoisotopic (exact) mass is 640 g/mol. The van der Waals surface area contributed by atoms with Gasteiger partial charge in [0.15, 0.2) is 0 Å². The van der Waals surface area contributed by atoms with Crippen molar-refractivity contribution >= 4 is 36.2 Å². The Labute approximate surface area is 242 Å². The summed E-state index contributed by atoms with van der Waals surface area (Å²) in [4.78, 5) is 35.7. The summed E-state index contributed by atoms with van der Waals surface area (Å²) in [6.07, 6.45) is 5.15. The third-order valence-electron chi connectivity index (χ3n) is 5.75. The number of aryl methyl sites for hydroxylation is 1. The van der Waals surface area contributed by atoms with Crippen molar-refractivity contribution in [1.29, 1.82) is 0 Å². The molecule has 0 aliphatic heterocycles. The van der Waals surface area contributed by atoms with Gasteiger partial charge in [0.05, 0.1) is 22.0 Å². The van der Waals surface area contributed by atoms with Gasteiger partial charge in [-0.1, -0.05) is 12.8 Å². The number of hydrogen-bond donors (Lipinski definition) is 1. The van der Waals surface area contributed by atoms with E-state index in [2.05, 4.69) is 25.5 Å². The summed E-state index contributed by atoms with van der Waals surface area (Å²) >= 11 is 0. The molecule has 12 heteroatoms. The molecule has 0 bridgehead atoms. The molecule has 4 rings (SSSR count). The first kappa shape index (κ1) is 38.0. The molecule has 3 aromatic rings. The van der Waals surface area contributed by atoms with E-state index in [9.17, 15) is 17.6 Å². The first-order valence-corrected chi connectivity index (χ1v) is 12.6. The summed E-state index contributed by atoms with van der Waals surface area (Å²) in [6.45, 7) is 9.75. The quantitative estimate of drug-likeness (QED) is 0.306. The molecule has 1 aliphatic carbocycles. The molecule has 9 nitrogen and oxygen atoms in total. The molecular formula is C27H30FN3O6STc. The topological polar surface area (TPSA) is 146 Å². The standard InChI is InChI=1S/C23H24FN3O3S.3CHO.CH3.Tc/c24-18-7-5-16(6-8-18)22-15-19(9-14-23(28)17-3-1-2-4-17)26-27(22)20-10-12-21(13-11-20)31(25,29)30;3*1-2;;/h5-8,10-13,15,17H,1-4,9,14H2,(H2,25,29,30);3*1H;1H3;/q;4*-1;+4. The molecule has 0 amide bonds. The minimum absolute atomic E-state index is 0. The molecule has 0 spiro atoms. The van der Waals surface area contributed by atoms with Crippen molar-refractivity contribution in [3.05, 3.63) is 73.5 Å². The van der Waals surface area contributed by atoms with Crippen LogP contribution in [-0.4, -0.2) is 44.3 Å². The second-order valence-electron chi connectivity index (χ2n) is 7.93.